The second kappa shape index (κ2) is 10.2. The number of para-hydroxylation sites is 1. The van der Waals surface area contributed by atoms with Crippen molar-refractivity contribution in [3.8, 4) is 0 Å². The van der Waals surface area contributed by atoms with Gasteiger partial charge in [0.15, 0.2) is 0 Å². The molecule has 0 radical (unpaired) electrons. The molecule has 2 fully saturated rings. The maximum Gasteiger partial charge on any atom is 0.321 e. The van der Waals surface area contributed by atoms with Crippen molar-refractivity contribution >= 4 is 17.4 Å². The molecule has 4 rings (SSSR count). The van der Waals surface area contributed by atoms with Crippen LogP contribution in [0.15, 0.2) is 48.5 Å². The number of benzene rings is 2. The Morgan fingerprint density at radius 1 is 0.909 bits per heavy atom. The third-order valence-electron chi connectivity index (χ3n) is 7.17. The minimum Gasteiger partial charge on any atom is -0.371 e. The zero-order valence-electron chi connectivity index (χ0n) is 20.8. The van der Waals surface area contributed by atoms with Crippen molar-refractivity contribution in [2.45, 2.75) is 52.5 Å². The van der Waals surface area contributed by atoms with Crippen molar-refractivity contribution in [3.63, 3.8) is 0 Å². The van der Waals surface area contributed by atoms with Crippen LogP contribution in [-0.2, 0) is 12.0 Å². The number of hydrogen-bond acceptors (Lipinski definition) is 3. The van der Waals surface area contributed by atoms with Gasteiger partial charge >= 0.3 is 6.03 Å². The number of carbonyl (C=O) groups is 1. The number of rotatable bonds is 4. The summed E-state index contributed by atoms with van der Waals surface area (Å²) in [6.07, 6.45) is 2.56. The van der Waals surface area contributed by atoms with Crippen molar-refractivity contribution < 1.29 is 4.79 Å². The monoisotopic (exact) mass is 448 g/mol. The van der Waals surface area contributed by atoms with E-state index in [-0.39, 0.29) is 11.4 Å². The van der Waals surface area contributed by atoms with Crippen LogP contribution in [-0.4, -0.2) is 55.1 Å². The Labute approximate surface area is 199 Å². The topological polar surface area (TPSA) is 38.8 Å². The maximum atomic E-state index is 12.8. The van der Waals surface area contributed by atoms with E-state index in [1.54, 1.807) is 0 Å². The minimum atomic E-state index is 0.000922. The van der Waals surface area contributed by atoms with E-state index in [0.29, 0.717) is 0 Å². The zero-order chi connectivity index (χ0) is 23.4. The lowest BCUT2D eigenvalue weighted by molar-refractivity contribution is 0.143. The van der Waals surface area contributed by atoms with Gasteiger partial charge in [-0.25, -0.2) is 4.79 Å². The van der Waals surface area contributed by atoms with Gasteiger partial charge in [0.1, 0.15) is 0 Å². The predicted molar refractivity (Wildman–Crippen MR) is 138 cm³/mol. The molecule has 2 amide bonds. The first-order valence-electron chi connectivity index (χ1n) is 12.5. The molecule has 0 spiro atoms. The fraction of sp³-hybridized carbons (Fsp3) is 0.536. The summed E-state index contributed by atoms with van der Waals surface area (Å²) >= 11 is 0. The van der Waals surface area contributed by atoms with Crippen LogP contribution < -0.4 is 10.2 Å². The van der Waals surface area contributed by atoms with Crippen LogP contribution in [0.4, 0.5) is 16.2 Å². The first kappa shape index (κ1) is 23.6. The number of anilines is 2. The molecule has 2 heterocycles. The van der Waals surface area contributed by atoms with Crippen molar-refractivity contribution in [3.05, 3.63) is 59.7 Å². The maximum absolute atomic E-state index is 12.8. The van der Waals surface area contributed by atoms with E-state index in [0.717, 1.165) is 57.4 Å². The minimum absolute atomic E-state index is 0.000922. The first-order chi connectivity index (χ1) is 15.8. The molecular formula is C28H40N4O. The summed E-state index contributed by atoms with van der Waals surface area (Å²) in [5, 5.41) is 3.07. The molecule has 0 aliphatic carbocycles. The van der Waals surface area contributed by atoms with Crippen molar-refractivity contribution in [1.29, 1.82) is 0 Å². The van der Waals surface area contributed by atoms with E-state index < -0.39 is 0 Å². The van der Waals surface area contributed by atoms with Crippen molar-refractivity contribution in [2.75, 3.05) is 49.5 Å². The quantitative estimate of drug-likeness (QED) is 0.665. The van der Waals surface area contributed by atoms with Gasteiger partial charge in [0, 0.05) is 57.2 Å². The number of piperidine rings is 1. The fourth-order valence-electron chi connectivity index (χ4n) is 4.81. The van der Waals surface area contributed by atoms with Gasteiger partial charge in [-0.05, 0) is 53.5 Å². The SMILES string of the molecule is CC1CCN(c2ccccc2CN2CCN(C(=O)Nc3ccc(C(C)(C)C)cc3)CC2)CC1. The molecule has 2 saturated heterocycles. The van der Waals surface area contributed by atoms with Gasteiger partial charge in [-0.3, -0.25) is 4.90 Å². The van der Waals surface area contributed by atoms with E-state index >= 15 is 0 Å². The zero-order valence-corrected chi connectivity index (χ0v) is 20.8. The number of urea groups is 1. The lowest BCUT2D eigenvalue weighted by Gasteiger charge is -2.37. The lowest BCUT2D eigenvalue weighted by Crippen LogP contribution is -2.49. The highest BCUT2D eigenvalue weighted by Gasteiger charge is 2.23. The highest BCUT2D eigenvalue weighted by molar-refractivity contribution is 5.89. The Balaban J connectivity index is 1.29. The van der Waals surface area contributed by atoms with E-state index in [9.17, 15) is 4.79 Å². The second-order valence-electron chi connectivity index (χ2n) is 10.8. The van der Waals surface area contributed by atoms with Crippen LogP contribution in [0.3, 0.4) is 0 Å². The molecule has 5 heteroatoms. The average Bonchev–Trinajstić information content (AvgIpc) is 2.80. The molecule has 0 bridgehead atoms. The Hall–Kier alpha value is -2.53. The van der Waals surface area contributed by atoms with E-state index in [4.69, 9.17) is 0 Å². The van der Waals surface area contributed by atoms with Crippen LogP contribution >= 0.6 is 0 Å². The third kappa shape index (κ3) is 6.08. The van der Waals surface area contributed by atoms with Crippen LogP contribution in [0, 0.1) is 5.92 Å². The number of nitrogens with zero attached hydrogens (tertiary/aromatic N) is 3. The highest BCUT2D eigenvalue weighted by Crippen LogP contribution is 2.27. The second-order valence-corrected chi connectivity index (χ2v) is 10.8. The van der Waals surface area contributed by atoms with Gasteiger partial charge < -0.3 is 15.1 Å². The predicted octanol–water partition coefficient (Wildman–Crippen LogP) is 5.57. The van der Waals surface area contributed by atoms with Crippen LogP contribution in [0.2, 0.25) is 0 Å². The number of amides is 2. The molecule has 2 aromatic carbocycles. The highest BCUT2D eigenvalue weighted by atomic mass is 16.2. The molecule has 0 aromatic heterocycles. The summed E-state index contributed by atoms with van der Waals surface area (Å²) in [6, 6.07) is 17.1. The van der Waals surface area contributed by atoms with Gasteiger partial charge in [0.25, 0.3) is 0 Å². The number of piperazine rings is 1. The summed E-state index contributed by atoms with van der Waals surface area (Å²) in [7, 11) is 0. The Morgan fingerprint density at radius 3 is 2.18 bits per heavy atom. The molecule has 2 aromatic rings. The van der Waals surface area contributed by atoms with Crippen molar-refractivity contribution in [2.24, 2.45) is 5.92 Å². The van der Waals surface area contributed by atoms with Gasteiger partial charge in [-0.2, -0.15) is 0 Å². The molecule has 33 heavy (non-hydrogen) atoms. The standard InChI is InChI=1S/C28H40N4O/c1-22-13-15-31(16-14-22)26-8-6-5-7-23(26)21-30-17-19-32(20-18-30)27(33)29-25-11-9-24(10-12-25)28(2,3)4/h5-12,22H,13-21H2,1-4H3,(H,29,33). The van der Waals surface area contributed by atoms with Crippen LogP contribution in [0.1, 0.15) is 51.7 Å². The first-order valence-corrected chi connectivity index (χ1v) is 12.5. The Kier molecular flexibility index (Phi) is 7.28. The van der Waals surface area contributed by atoms with Crippen LogP contribution in [0.25, 0.3) is 0 Å². The van der Waals surface area contributed by atoms with Gasteiger partial charge in [-0.1, -0.05) is 58.0 Å². The van der Waals surface area contributed by atoms with Gasteiger partial charge in [0.05, 0.1) is 0 Å². The number of nitrogens with one attached hydrogen (secondary N) is 1. The molecule has 0 atom stereocenters. The summed E-state index contributed by atoms with van der Waals surface area (Å²) in [5.41, 5.74) is 5.05. The molecule has 2 aliphatic heterocycles. The van der Waals surface area contributed by atoms with E-state index in [2.05, 4.69) is 79.2 Å². The lowest BCUT2D eigenvalue weighted by atomic mass is 9.87. The summed E-state index contributed by atoms with van der Waals surface area (Å²) in [4.78, 5) is 19.8. The molecule has 1 N–H and O–H groups in total. The normalized spacial score (nSPS) is 18.4. The smallest absolute Gasteiger partial charge is 0.321 e. The third-order valence-corrected chi connectivity index (χ3v) is 7.17. The molecule has 0 saturated carbocycles. The van der Waals surface area contributed by atoms with E-state index in [1.807, 2.05) is 17.0 Å². The Bertz CT molecular complexity index is 918. The molecule has 0 unspecified atom stereocenters. The van der Waals surface area contributed by atoms with Crippen LogP contribution in [0.5, 0.6) is 0 Å². The van der Waals surface area contributed by atoms with Gasteiger partial charge in [0.2, 0.25) is 0 Å². The van der Waals surface area contributed by atoms with E-state index in [1.165, 1.54) is 29.7 Å². The summed E-state index contributed by atoms with van der Waals surface area (Å²) < 4.78 is 0. The average molecular weight is 449 g/mol. The molecule has 2 aliphatic rings. The summed E-state index contributed by atoms with van der Waals surface area (Å²) in [6.45, 7) is 15.5. The Morgan fingerprint density at radius 2 is 1.55 bits per heavy atom. The molecular weight excluding hydrogens is 408 g/mol. The molecule has 178 valence electrons. The number of carbonyl (C=O) groups excluding carboxylic acids is 1. The number of hydrogen-bond donors (Lipinski definition) is 1. The summed E-state index contributed by atoms with van der Waals surface area (Å²) in [5.74, 6) is 0.837. The van der Waals surface area contributed by atoms with Gasteiger partial charge in [-0.15, -0.1) is 0 Å². The van der Waals surface area contributed by atoms with Crippen molar-refractivity contribution in [1.82, 2.24) is 9.80 Å². The largest absolute Gasteiger partial charge is 0.371 e. The fourth-order valence-corrected chi connectivity index (χ4v) is 4.81. The molecule has 5 nitrogen and oxygen atoms in total.